The molecule has 16 heavy (non-hydrogen) atoms. The van der Waals surface area contributed by atoms with Crippen LogP contribution in [0.1, 0.15) is 16.1 Å². The van der Waals surface area contributed by atoms with E-state index >= 15 is 0 Å². The Kier molecular flexibility index (Phi) is 5.28. The largest absolute Gasteiger partial charge is 0.353 e. The Hall–Kier alpha value is -1.62. The summed E-state index contributed by atoms with van der Waals surface area (Å²) in [7, 11) is 0. The smallest absolute Gasteiger partial charge is 0.261 e. The van der Waals surface area contributed by atoms with E-state index in [2.05, 4.69) is 17.2 Å². The van der Waals surface area contributed by atoms with Gasteiger partial charge in [-0.05, 0) is 11.4 Å². The zero-order chi connectivity index (χ0) is 11.8. The maximum atomic E-state index is 11.5. The second kappa shape index (κ2) is 6.79. The first-order valence-corrected chi connectivity index (χ1v) is 5.81. The summed E-state index contributed by atoms with van der Waals surface area (Å²) in [6, 6.07) is 3.56. The van der Waals surface area contributed by atoms with Gasteiger partial charge in [0, 0.05) is 19.5 Å². The van der Waals surface area contributed by atoms with Crippen molar-refractivity contribution >= 4 is 23.2 Å². The summed E-state index contributed by atoms with van der Waals surface area (Å²) in [6.07, 6.45) is 1.90. The molecule has 1 heterocycles. The third-order valence-electron chi connectivity index (χ3n) is 1.83. The molecule has 0 saturated heterocycles. The zero-order valence-corrected chi connectivity index (χ0v) is 9.68. The number of carbonyl (C=O) groups is 2. The Bertz CT molecular complexity index is 360. The first kappa shape index (κ1) is 12.4. The van der Waals surface area contributed by atoms with Crippen molar-refractivity contribution in [3.05, 3.63) is 35.0 Å². The molecule has 1 aromatic rings. The van der Waals surface area contributed by atoms with E-state index in [1.54, 1.807) is 12.1 Å². The molecule has 1 rings (SSSR count). The van der Waals surface area contributed by atoms with Crippen LogP contribution in [-0.2, 0) is 4.79 Å². The van der Waals surface area contributed by atoms with Crippen molar-refractivity contribution in [3.63, 3.8) is 0 Å². The lowest BCUT2D eigenvalue weighted by Crippen LogP contribution is -2.30. The predicted molar refractivity (Wildman–Crippen MR) is 64.5 cm³/mol. The molecule has 5 heteroatoms. The average molecular weight is 238 g/mol. The van der Waals surface area contributed by atoms with Gasteiger partial charge in [-0.15, -0.1) is 17.9 Å². The summed E-state index contributed by atoms with van der Waals surface area (Å²) in [5.74, 6) is -0.224. The first-order valence-electron chi connectivity index (χ1n) is 4.93. The molecule has 2 N–H and O–H groups in total. The number of nitrogens with one attached hydrogen (secondary N) is 2. The monoisotopic (exact) mass is 238 g/mol. The molecule has 0 aromatic carbocycles. The van der Waals surface area contributed by atoms with Crippen molar-refractivity contribution in [1.29, 1.82) is 0 Å². The van der Waals surface area contributed by atoms with E-state index in [4.69, 9.17) is 0 Å². The highest BCUT2D eigenvalue weighted by atomic mass is 32.1. The van der Waals surface area contributed by atoms with E-state index in [1.165, 1.54) is 11.3 Å². The van der Waals surface area contributed by atoms with E-state index in [9.17, 15) is 9.59 Å². The minimum absolute atomic E-state index is 0.0913. The van der Waals surface area contributed by atoms with Crippen LogP contribution in [0.2, 0.25) is 0 Å². The summed E-state index contributed by atoms with van der Waals surface area (Å²) >= 11 is 1.38. The van der Waals surface area contributed by atoms with Crippen molar-refractivity contribution in [3.8, 4) is 0 Å². The van der Waals surface area contributed by atoms with Crippen molar-refractivity contribution in [2.45, 2.75) is 6.42 Å². The molecule has 1 aromatic heterocycles. The zero-order valence-electron chi connectivity index (χ0n) is 8.86. The Morgan fingerprint density at radius 2 is 2.25 bits per heavy atom. The molecule has 0 fully saturated rings. The molecular weight excluding hydrogens is 224 g/mol. The summed E-state index contributed by atoms with van der Waals surface area (Å²) in [5.41, 5.74) is 0. The molecule has 0 aliphatic rings. The van der Waals surface area contributed by atoms with Crippen LogP contribution < -0.4 is 10.6 Å². The third-order valence-corrected chi connectivity index (χ3v) is 2.69. The molecule has 0 bridgehead atoms. The normalized spacial score (nSPS) is 9.50. The Morgan fingerprint density at radius 3 is 2.88 bits per heavy atom. The lowest BCUT2D eigenvalue weighted by atomic mass is 10.3. The van der Waals surface area contributed by atoms with Gasteiger partial charge in [0.1, 0.15) is 0 Å². The van der Waals surface area contributed by atoms with Crippen molar-refractivity contribution in [2.24, 2.45) is 0 Å². The van der Waals surface area contributed by atoms with Gasteiger partial charge in [0.05, 0.1) is 4.88 Å². The Labute approximate surface area is 98.4 Å². The minimum Gasteiger partial charge on any atom is -0.353 e. The van der Waals surface area contributed by atoms with E-state index in [-0.39, 0.29) is 18.2 Å². The van der Waals surface area contributed by atoms with Gasteiger partial charge in [-0.25, -0.2) is 0 Å². The standard InChI is InChI=1S/C11H14N2O2S/c1-2-6-12-10(14)5-7-13-11(15)9-4-3-8-16-9/h2-4,8H,1,5-7H2,(H,12,14)(H,13,15). The molecule has 0 saturated carbocycles. The molecule has 4 nitrogen and oxygen atoms in total. The number of hydrogen-bond acceptors (Lipinski definition) is 3. The molecule has 0 atom stereocenters. The number of amides is 2. The van der Waals surface area contributed by atoms with Gasteiger partial charge in [-0.1, -0.05) is 12.1 Å². The summed E-state index contributed by atoms with van der Waals surface area (Å²) in [5, 5.41) is 7.15. The highest BCUT2D eigenvalue weighted by Crippen LogP contribution is 2.07. The van der Waals surface area contributed by atoms with Gasteiger partial charge in [0.15, 0.2) is 0 Å². The highest BCUT2D eigenvalue weighted by molar-refractivity contribution is 7.12. The molecule has 0 spiro atoms. The van der Waals surface area contributed by atoms with Crippen LogP contribution >= 0.6 is 11.3 Å². The van der Waals surface area contributed by atoms with Gasteiger partial charge in [-0.2, -0.15) is 0 Å². The molecule has 0 unspecified atom stereocenters. The van der Waals surface area contributed by atoms with Crippen LogP contribution in [0.15, 0.2) is 30.2 Å². The highest BCUT2D eigenvalue weighted by Gasteiger charge is 2.06. The Balaban J connectivity index is 2.18. The fraction of sp³-hybridized carbons (Fsp3) is 0.273. The fourth-order valence-electron chi connectivity index (χ4n) is 1.06. The number of thiophene rings is 1. The van der Waals surface area contributed by atoms with Crippen molar-refractivity contribution < 1.29 is 9.59 Å². The molecule has 0 radical (unpaired) electrons. The molecule has 0 aliphatic heterocycles. The van der Waals surface area contributed by atoms with Crippen LogP contribution in [0.4, 0.5) is 0 Å². The molecular formula is C11H14N2O2S. The van der Waals surface area contributed by atoms with Gasteiger partial charge in [-0.3, -0.25) is 9.59 Å². The molecule has 86 valence electrons. The van der Waals surface area contributed by atoms with Gasteiger partial charge in [0.25, 0.3) is 5.91 Å². The van der Waals surface area contributed by atoms with Gasteiger partial charge >= 0.3 is 0 Å². The molecule has 0 aliphatic carbocycles. The lowest BCUT2D eigenvalue weighted by Gasteiger charge is -2.03. The topological polar surface area (TPSA) is 58.2 Å². The van der Waals surface area contributed by atoms with Crippen molar-refractivity contribution in [1.82, 2.24) is 10.6 Å². The van der Waals surface area contributed by atoms with E-state index in [0.29, 0.717) is 18.0 Å². The summed E-state index contributed by atoms with van der Waals surface area (Å²) < 4.78 is 0. The Morgan fingerprint density at radius 1 is 1.44 bits per heavy atom. The van der Waals surface area contributed by atoms with Crippen LogP contribution in [0.5, 0.6) is 0 Å². The minimum atomic E-state index is -0.133. The second-order valence-corrected chi connectivity index (χ2v) is 4.02. The van der Waals surface area contributed by atoms with Crippen molar-refractivity contribution in [2.75, 3.05) is 13.1 Å². The van der Waals surface area contributed by atoms with E-state index < -0.39 is 0 Å². The van der Waals surface area contributed by atoms with Gasteiger partial charge in [0.2, 0.25) is 5.91 Å². The SMILES string of the molecule is C=CCNC(=O)CCNC(=O)c1cccs1. The fourth-order valence-corrected chi connectivity index (χ4v) is 1.70. The maximum Gasteiger partial charge on any atom is 0.261 e. The van der Waals surface area contributed by atoms with Crippen LogP contribution in [0.25, 0.3) is 0 Å². The predicted octanol–water partition coefficient (Wildman–Crippen LogP) is 1.17. The van der Waals surface area contributed by atoms with E-state index in [0.717, 1.165) is 0 Å². The number of rotatable bonds is 6. The first-order chi connectivity index (χ1) is 7.74. The average Bonchev–Trinajstić information content (AvgIpc) is 2.79. The molecule has 2 amide bonds. The quantitative estimate of drug-likeness (QED) is 0.731. The van der Waals surface area contributed by atoms with Crippen LogP contribution in [0, 0.1) is 0 Å². The number of carbonyl (C=O) groups excluding carboxylic acids is 2. The van der Waals surface area contributed by atoms with Crippen LogP contribution in [-0.4, -0.2) is 24.9 Å². The maximum absolute atomic E-state index is 11.5. The third kappa shape index (κ3) is 4.27. The van der Waals surface area contributed by atoms with Crippen LogP contribution in [0.3, 0.4) is 0 Å². The lowest BCUT2D eigenvalue weighted by molar-refractivity contribution is -0.120. The van der Waals surface area contributed by atoms with E-state index in [1.807, 2.05) is 11.4 Å². The summed E-state index contributed by atoms with van der Waals surface area (Å²) in [6.45, 7) is 4.29. The second-order valence-electron chi connectivity index (χ2n) is 3.08. The summed E-state index contributed by atoms with van der Waals surface area (Å²) in [4.78, 5) is 23.3. The van der Waals surface area contributed by atoms with Gasteiger partial charge < -0.3 is 10.6 Å². The number of hydrogen-bond donors (Lipinski definition) is 2.